The van der Waals surface area contributed by atoms with E-state index in [9.17, 15) is 8.42 Å². The molecule has 0 saturated heterocycles. The number of sulfonamides is 1. The number of unbranched alkanes of at least 4 members (excludes halogenated alkanes) is 1. The molecule has 0 amide bonds. The SMILES string of the molecule is CCCCNc1ccc(NS(=O)(=O)c2ccc(C)s2)cn1. The summed E-state index contributed by atoms with van der Waals surface area (Å²) in [4.78, 5) is 5.16. The van der Waals surface area contributed by atoms with Gasteiger partial charge in [0, 0.05) is 11.4 Å². The lowest BCUT2D eigenvalue weighted by Gasteiger charge is -2.08. The number of pyridine rings is 1. The van der Waals surface area contributed by atoms with Crippen molar-refractivity contribution >= 4 is 32.9 Å². The van der Waals surface area contributed by atoms with Crippen LogP contribution < -0.4 is 10.0 Å². The van der Waals surface area contributed by atoms with Crippen LogP contribution in [0.3, 0.4) is 0 Å². The average molecular weight is 325 g/mol. The van der Waals surface area contributed by atoms with Crippen molar-refractivity contribution in [3.8, 4) is 0 Å². The third-order valence-electron chi connectivity index (χ3n) is 2.83. The second-order valence-electron chi connectivity index (χ2n) is 4.68. The van der Waals surface area contributed by atoms with E-state index in [2.05, 4.69) is 21.9 Å². The highest BCUT2D eigenvalue weighted by atomic mass is 32.2. The molecule has 2 heterocycles. The fourth-order valence-corrected chi connectivity index (χ4v) is 4.04. The summed E-state index contributed by atoms with van der Waals surface area (Å²) >= 11 is 1.25. The van der Waals surface area contributed by atoms with Gasteiger partial charge in [-0.15, -0.1) is 11.3 Å². The summed E-state index contributed by atoms with van der Waals surface area (Å²) in [6.45, 7) is 4.87. The molecule has 21 heavy (non-hydrogen) atoms. The van der Waals surface area contributed by atoms with Crippen LogP contribution in [0, 0.1) is 6.92 Å². The Morgan fingerprint density at radius 2 is 2.05 bits per heavy atom. The Kier molecular flexibility index (Phi) is 5.19. The van der Waals surface area contributed by atoms with E-state index in [0.717, 1.165) is 30.1 Å². The third kappa shape index (κ3) is 4.44. The Morgan fingerprint density at radius 3 is 2.62 bits per heavy atom. The maximum Gasteiger partial charge on any atom is 0.271 e. The Morgan fingerprint density at radius 1 is 1.24 bits per heavy atom. The quantitative estimate of drug-likeness (QED) is 0.765. The first-order chi connectivity index (χ1) is 10.0. The molecule has 0 spiro atoms. The Labute approximate surface area is 129 Å². The van der Waals surface area contributed by atoms with Crippen LogP contribution in [0.25, 0.3) is 0 Å². The van der Waals surface area contributed by atoms with Gasteiger partial charge in [0.25, 0.3) is 10.0 Å². The molecule has 0 aliphatic rings. The standard InChI is InChI=1S/C14H19N3O2S2/c1-3-4-9-15-13-7-6-12(10-16-13)17-21(18,19)14-8-5-11(2)20-14/h5-8,10,17H,3-4,9H2,1-2H3,(H,15,16). The molecule has 114 valence electrons. The number of aromatic nitrogens is 1. The first kappa shape index (κ1) is 15.8. The van der Waals surface area contributed by atoms with E-state index in [1.807, 2.05) is 6.92 Å². The summed E-state index contributed by atoms with van der Waals surface area (Å²) in [6, 6.07) is 6.88. The van der Waals surface area contributed by atoms with Crippen molar-refractivity contribution < 1.29 is 8.42 Å². The summed E-state index contributed by atoms with van der Waals surface area (Å²) < 4.78 is 27.2. The van der Waals surface area contributed by atoms with Gasteiger partial charge in [0.2, 0.25) is 0 Å². The predicted octanol–water partition coefficient (Wildman–Crippen LogP) is 3.46. The molecule has 0 saturated carbocycles. The summed E-state index contributed by atoms with van der Waals surface area (Å²) in [5.41, 5.74) is 0.460. The predicted molar refractivity (Wildman–Crippen MR) is 87.5 cm³/mol. The van der Waals surface area contributed by atoms with E-state index in [4.69, 9.17) is 0 Å². The van der Waals surface area contributed by atoms with E-state index >= 15 is 0 Å². The number of nitrogens with one attached hydrogen (secondary N) is 2. The van der Waals surface area contributed by atoms with Crippen molar-refractivity contribution in [3.63, 3.8) is 0 Å². The molecule has 0 radical (unpaired) electrons. The minimum Gasteiger partial charge on any atom is -0.370 e. The van der Waals surface area contributed by atoms with Crippen LogP contribution in [0.15, 0.2) is 34.7 Å². The van der Waals surface area contributed by atoms with Crippen molar-refractivity contribution in [1.29, 1.82) is 0 Å². The van der Waals surface area contributed by atoms with Gasteiger partial charge in [-0.05, 0) is 37.6 Å². The van der Waals surface area contributed by atoms with Gasteiger partial charge >= 0.3 is 0 Å². The van der Waals surface area contributed by atoms with Crippen LogP contribution >= 0.6 is 11.3 Å². The zero-order valence-corrected chi connectivity index (χ0v) is 13.7. The number of thiophene rings is 1. The molecule has 2 aromatic heterocycles. The fourth-order valence-electron chi connectivity index (χ4n) is 1.71. The lowest BCUT2D eigenvalue weighted by molar-refractivity contribution is 0.603. The van der Waals surface area contributed by atoms with Gasteiger partial charge < -0.3 is 5.32 Å². The van der Waals surface area contributed by atoms with E-state index < -0.39 is 10.0 Å². The van der Waals surface area contributed by atoms with Crippen molar-refractivity contribution in [3.05, 3.63) is 35.3 Å². The minimum atomic E-state index is -3.52. The topological polar surface area (TPSA) is 71.1 Å². The molecular formula is C14H19N3O2S2. The lowest BCUT2D eigenvalue weighted by atomic mass is 10.3. The first-order valence-electron chi connectivity index (χ1n) is 6.80. The second kappa shape index (κ2) is 6.91. The number of aryl methyl sites for hydroxylation is 1. The Bertz CT molecular complexity index is 678. The molecule has 2 rings (SSSR count). The molecule has 2 N–H and O–H groups in total. The van der Waals surface area contributed by atoms with Crippen LogP contribution in [0.2, 0.25) is 0 Å². The smallest absolute Gasteiger partial charge is 0.271 e. The van der Waals surface area contributed by atoms with Gasteiger partial charge in [0.15, 0.2) is 0 Å². The minimum absolute atomic E-state index is 0.310. The van der Waals surface area contributed by atoms with E-state index in [0.29, 0.717) is 9.90 Å². The molecule has 0 bridgehead atoms. The summed E-state index contributed by atoms with van der Waals surface area (Å²) in [6.07, 6.45) is 3.71. The average Bonchev–Trinajstić information content (AvgIpc) is 2.88. The largest absolute Gasteiger partial charge is 0.370 e. The monoisotopic (exact) mass is 325 g/mol. The van der Waals surface area contributed by atoms with Gasteiger partial charge in [0.1, 0.15) is 10.0 Å². The zero-order chi connectivity index (χ0) is 15.3. The molecule has 0 aliphatic heterocycles. The number of hydrogen-bond acceptors (Lipinski definition) is 5. The summed E-state index contributed by atoms with van der Waals surface area (Å²) in [5.74, 6) is 0.748. The molecule has 0 aromatic carbocycles. The number of nitrogens with zero attached hydrogens (tertiary/aromatic N) is 1. The highest BCUT2D eigenvalue weighted by molar-refractivity contribution is 7.94. The summed E-state index contributed by atoms with van der Waals surface area (Å²) in [7, 11) is -3.52. The van der Waals surface area contributed by atoms with Gasteiger partial charge in [0.05, 0.1) is 11.9 Å². The normalized spacial score (nSPS) is 11.3. The zero-order valence-electron chi connectivity index (χ0n) is 12.1. The molecule has 5 nitrogen and oxygen atoms in total. The number of anilines is 2. The maximum absolute atomic E-state index is 12.2. The van der Waals surface area contributed by atoms with E-state index in [1.165, 1.54) is 17.5 Å². The van der Waals surface area contributed by atoms with Gasteiger partial charge in [-0.3, -0.25) is 4.72 Å². The molecule has 0 atom stereocenters. The Balaban J connectivity index is 2.03. The van der Waals surface area contributed by atoms with Gasteiger partial charge in [-0.1, -0.05) is 13.3 Å². The fraction of sp³-hybridized carbons (Fsp3) is 0.357. The van der Waals surface area contributed by atoms with Crippen LogP contribution in [0.5, 0.6) is 0 Å². The van der Waals surface area contributed by atoms with Crippen LogP contribution in [0.1, 0.15) is 24.6 Å². The van der Waals surface area contributed by atoms with E-state index in [1.54, 1.807) is 24.3 Å². The van der Waals surface area contributed by atoms with Gasteiger partial charge in [-0.25, -0.2) is 13.4 Å². The highest BCUT2D eigenvalue weighted by Gasteiger charge is 2.16. The first-order valence-corrected chi connectivity index (χ1v) is 9.10. The molecule has 0 unspecified atom stereocenters. The van der Waals surface area contributed by atoms with E-state index in [-0.39, 0.29) is 0 Å². The number of hydrogen-bond donors (Lipinski definition) is 2. The third-order valence-corrected chi connectivity index (χ3v) is 5.71. The molecule has 0 aliphatic carbocycles. The molecule has 7 heteroatoms. The Hall–Kier alpha value is -1.60. The lowest BCUT2D eigenvalue weighted by Crippen LogP contribution is -2.12. The highest BCUT2D eigenvalue weighted by Crippen LogP contribution is 2.23. The molecule has 0 fully saturated rings. The van der Waals surface area contributed by atoms with Crippen LogP contribution in [-0.4, -0.2) is 19.9 Å². The van der Waals surface area contributed by atoms with Crippen molar-refractivity contribution in [2.75, 3.05) is 16.6 Å². The van der Waals surface area contributed by atoms with Gasteiger partial charge in [-0.2, -0.15) is 0 Å². The second-order valence-corrected chi connectivity index (χ2v) is 7.88. The van der Waals surface area contributed by atoms with Crippen molar-refractivity contribution in [2.45, 2.75) is 30.9 Å². The van der Waals surface area contributed by atoms with Crippen molar-refractivity contribution in [2.24, 2.45) is 0 Å². The van der Waals surface area contributed by atoms with Crippen LogP contribution in [0.4, 0.5) is 11.5 Å². The van der Waals surface area contributed by atoms with Crippen molar-refractivity contribution in [1.82, 2.24) is 4.98 Å². The summed E-state index contributed by atoms with van der Waals surface area (Å²) in [5, 5.41) is 3.18. The molecule has 2 aromatic rings. The molecular weight excluding hydrogens is 306 g/mol. The maximum atomic E-state index is 12.2. The van der Waals surface area contributed by atoms with Crippen LogP contribution in [-0.2, 0) is 10.0 Å². The number of rotatable bonds is 7.